The minimum absolute atomic E-state index is 0.377. The summed E-state index contributed by atoms with van der Waals surface area (Å²) in [6.07, 6.45) is 3.97. The van der Waals surface area contributed by atoms with Crippen LogP contribution in [-0.4, -0.2) is 5.11 Å². The maximum absolute atomic E-state index is 10.3. The van der Waals surface area contributed by atoms with E-state index in [1.807, 2.05) is 42.5 Å². The normalized spacial score (nSPS) is 13.5. The van der Waals surface area contributed by atoms with E-state index in [0.29, 0.717) is 12.5 Å². The summed E-state index contributed by atoms with van der Waals surface area (Å²) in [5.74, 6) is 1.52. The third kappa shape index (κ3) is 6.07. The van der Waals surface area contributed by atoms with Crippen LogP contribution < -0.4 is 4.74 Å². The van der Waals surface area contributed by atoms with Gasteiger partial charge in [0.25, 0.3) is 0 Å². The number of rotatable bonds is 9. The van der Waals surface area contributed by atoms with E-state index < -0.39 is 0 Å². The molecule has 23 heavy (non-hydrogen) atoms. The average molecular weight is 312 g/mol. The molecule has 2 atom stereocenters. The van der Waals surface area contributed by atoms with E-state index >= 15 is 0 Å². The van der Waals surface area contributed by atoms with Crippen LogP contribution >= 0.6 is 0 Å². The molecule has 0 aromatic heterocycles. The molecule has 0 fully saturated rings. The molecule has 0 bridgehead atoms. The number of hydrogen-bond donors (Lipinski definition) is 1. The van der Waals surface area contributed by atoms with Crippen LogP contribution in [0.25, 0.3) is 0 Å². The molecular formula is C21H28O2. The second-order valence-electron chi connectivity index (χ2n) is 6.33. The topological polar surface area (TPSA) is 29.5 Å². The number of ether oxygens (including phenoxy) is 1. The summed E-state index contributed by atoms with van der Waals surface area (Å²) in [7, 11) is 0. The number of hydrogen-bond acceptors (Lipinski definition) is 2. The molecular weight excluding hydrogens is 284 g/mol. The fourth-order valence-electron chi connectivity index (χ4n) is 2.77. The van der Waals surface area contributed by atoms with Crippen LogP contribution in [0.5, 0.6) is 5.75 Å². The monoisotopic (exact) mass is 312 g/mol. The predicted molar refractivity (Wildman–Crippen MR) is 95.5 cm³/mol. The highest BCUT2D eigenvalue weighted by molar-refractivity contribution is 5.29. The second kappa shape index (κ2) is 9.36. The molecule has 2 rings (SSSR count). The Bertz CT molecular complexity index is 548. The van der Waals surface area contributed by atoms with Gasteiger partial charge in [0, 0.05) is 0 Å². The number of aliphatic hydroxyl groups is 1. The summed E-state index contributed by atoms with van der Waals surface area (Å²) in [6, 6.07) is 17.9. The quantitative estimate of drug-likeness (QED) is 0.661. The lowest BCUT2D eigenvalue weighted by Crippen LogP contribution is -2.02. The Morgan fingerprint density at radius 1 is 0.913 bits per heavy atom. The maximum atomic E-state index is 10.3. The van der Waals surface area contributed by atoms with Crippen molar-refractivity contribution in [2.75, 3.05) is 0 Å². The minimum Gasteiger partial charge on any atom is -0.489 e. The van der Waals surface area contributed by atoms with Gasteiger partial charge in [-0.25, -0.2) is 0 Å². The molecule has 0 radical (unpaired) electrons. The molecule has 0 saturated heterocycles. The van der Waals surface area contributed by atoms with Crippen LogP contribution in [-0.2, 0) is 6.61 Å². The molecule has 0 aliphatic heterocycles. The van der Waals surface area contributed by atoms with Gasteiger partial charge >= 0.3 is 0 Å². The highest BCUT2D eigenvalue weighted by atomic mass is 16.5. The first-order valence-electron chi connectivity index (χ1n) is 8.63. The predicted octanol–water partition coefficient (Wildman–Crippen LogP) is 5.52. The molecule has 1 N–H and O–H groups in total. The van der Waals surface area contributed by atoms with Crippen molar-refractivity contribution in [1.29, 1.82) is 0 Å². The summed E-state index contributed by atoms with van der Waals surface area (Å²) in [6.45, 7) is 5.04. The number of aliphatic hydroxyl groups excluding tert-OH is 1. The van der Waals surface area contributed by atoms with E-state index in [4.69, 9.17) is 4.74 Å². The smallest absolute Gasteiger partial charge is 0.119 e. The lowest BCUT2D eigenvalue weighted by atomic mass is 9.96. The average Bonchev–Trinajstić information content (AvgIpc) is 2.59. The van der Waals surface area contributed by atoms with E-state index in [0.717, 1.165) is 29.7 Å². The van der Waals surface area contributed by atoms with Gasteiger partial charge in [-0.3, -0.25) is 0 Å². The lowest BCUT2D eigenvalue weighted by Gasteiger charge is -2.15. The molecule has 2 aromatic carbocycles. The first kappa shape index (κ1) is 17.6. The Hall–Kier alpha value is -1.80. The zero-order chi connectivity index (χ0) is 16.5. The van der Waals surface area contributed by atoms with E-state index in [1.165, 1.54) is 12.8 Å². The van der Waals surface area contributed by atoms with E-state index in [9.17, 15) is 5.11 Å². The van der Waals surface area contributed by atoms with E-state index in [2.05, 4.69) is 26.0 Å². The van der Waals surface area contributed by atoms with Crippen molar-refractivity contribution in [1.82, 2.24) is 0 Å². The minimum atomic E-state index is -0.377. The largest absolute Gasteiger partial charge is 0.489 e. The van der Waals surface area contributed by atoms with Crippen molar-refractivity contribution in [2.45, 2.75) is 52.2 Å². The van der Waals surface area contributed by atoms with Crippen LogP contribution in [0.1, 0.15) is 56.8 Å². The molecule has 0 amide bonds. The summed E-state index contributed by atoms with van der Waals surface area (Å²) in [5.41, 5.74) is 2.13. The molecule has 0 aliphatic rings. The van der Waals surface area contributed by atoms with Gasteiger partial charge in [-0.05, 0) is 42.0 Å². The van der Waals surface area contributed by atoms with Crippen LogP contribution in [0.4, 0.5) is 0 Å². The summed E-state index contributed by atoms with van der Waals surface area (Å²) < 4.78 is 5.78. The SMILES string of the molecule is CCC[C@@H](C)CC[C@H](O)c1ccc(OCc2ccccc2)cc1. The molecule has 2 nitrogen and oxygen atoms in total. The van der Waals surface area contributed by atoms with Crippen molar-refractivity contribution in [2.24, 2.45) is 5.92 Å². The molecule has 2 aromatic rings. The molecule has 2 heteroatoms. The zero-order valence-corrected chi connectivity index (χ0v) is 14.2. The first-order valence-corrected chi connectivity index (χ1v) is 8.63. The second-order valence-corrected chi connectivity index (χ2v) is 6.33. The first-order chi connectivity index (χ1) is 11.2. The van der Waals surface area contributed by atoms with Gasteiger partial charge in [0.1, 0.15) is 12.4 Å². The summed E-state index contributed by atoms with van der Waals surface area (Å²) in [5, 5.41) is 10.3. The third-order valence-electron chi connectivity index (χ3n) is 4.23. The van der Waals surface area contributed by atoms with Gasteiger partial charge in [-0.2, -0.15) is 0 Å². The van der Waals surface area contributed by atoms with Gasteiger partial charge in [0.15, 0.2) is 0 Å². The fourth-order valence-corrected chi connectivity index (χ4v) is 2.77. The Labute approximate surface area is 140 Å². The Morgan fingerprint density at radius 3 is 2.26 bits per heavy atom. The van der Waals surface area contributed by atoms with Crippen LogP contribution in [0, 0.1) is 5.92 Å². The van der Waals surface area contributed by atoms with Crippen molar-refractivity contribution >= 4 is 0 Å². The molecule has 0 heterocycles. The van der Waals surface area contributed by atoms with Gasteiger partial charge in [-0.1, -0.05) is 69.2 Å². The van der Waals surface area contributed by atoms with Crippen molar-refractivity contribution in [3.05, 3.63) is 65.7 Å². The van der Waals surface area contributed by atoms with Crippen molar-refractivity contribution in [3.63, 3.8) is 0 Å². The van der Waals surface area contributed by atoms with Crippen LogP contribution in [0.15, 0.2) is 54.6 Å². The Kier molecular flexibility index (Phi) is 7.15. The standard InChI is InChI=1S/C21H28O2/c1-3-7-17(2)10-15-21(22)19-11-13-20(14-12-19)23-16-18-8-5-4-6-9-18/h4-6,8-9,11-14,17,21-22H,3,7,10,15-16H2,1-2H3/t17-,21+/m1/s1. The lowest BCUT2D eigenvalue weighted by molar-refractivity contribution is 0.157. The highest BCUT2D eigenvalue weighted by Crippen LogP contribution is 2.24. The maximum Gasteiger partial charge on any atom is 0.119 e. The van der Waals surface area contributed by atoms with E-state index in [1.54, 1.807) is 0 Å². The van der Waals surface area contributed by atoms with E-state index in [-0.39, 0.29) is 6.10 Å². The van der Waals surface area contributed by atoms with Gasteiger partial charge in [0.05, 0.1) is 6.10 Å². The molecule has 0 aliphatic carbocycles. The molecule has 0 spiro atoms. The summed E-state index contributed by atoms with van der Waals surface area (Å²) >= 11 is 0. The van der Waals surface area contributed by atoms with Gasteiger partial charge in [-0.15, -0.1) is 0 Å². The summed E-state index contributed by atoms with van der Waals surface area (Å²) in [4.78, 5) is 0. The Morgan fingerprint density at radius 2 is 1.61 bits per heavy atom. The van der Waals surface area contributed by atoms with Crippen LogP contribution in [0.2, 0.25) is 0 Å². The van der Waals surface area contributed by atoms with Gasteiger partial charge < -0.3 is 9.84 Å². The molecule has 0 saturated carbocycles. The third-order valence-corrected chi connectivity index (χ3v) is 4.23. The Balaban J connectivity index is 1.81. The molecule has 0 unspecified atom stereocenters. The van der Waals surface area contributed by atoms with Crippen molar-refractivity contribution < 1.29 is 9.84 Å². The van der Waals surface area contributed by atoms with Crippen LogP contribution in [0.3, 0.4) is 0 Å². The molecule has 124 valence electrons. The van der Waals surface area contributed by atoms with Gasteiger partial charge in [0.2, 0.25) is 0 Å². The fraction of sp³-hybridized carbons (Fsp3) is 0.429. The van der Waals surface area contributed by atoms with Crippen molar-refractivity contribution in [3.8, 4) is 5.75 Å². The highest BCUT2D eigenvalue weighted by Gasteiger charge is 2.10. The number of benzene rings is 2. The zero-order valence-electron chi connectivity index (χ0n) is 14.2.